The van der Waals surface area contributed by atoms with Crippen LogP contribution in [-0.4, -0.2) is 21.9 Å². The molecule has 2 N–H and O–H groups in total. The maximum absolute atomic E-state index is 13.2. The molecular weight excluding hydrogens is 295 g/mol. The summed E-state index contributed by atoms with van der Waals surface area (Å²) in [5.74, 6) is -0.264. The first-order valence-electron chi connectivity index (χ1n) is 8.03. The van der Waals surface area contributed by atoms with Gasteiger partial charge < -0.3 is 10.6 Å². The summed E-state index contributed by atoms with van der Waals surface area (Å²) in [6.07, 6.45) is 9.04. The van der Waals surface area contributed by atoms with E-state index in [0.29, 0.717) is 12.2 Å². The number of carbonyl (C=O) groups excluding carboxylic acids is 1. The van der Waals surface area contributed by atoms with Gasteiger partial charge in [-0.3, -0.25) is 4.68 Å². The predicted molar refractivity (Wildman–Crippen MR) is 86.8 cm³/mol. The fourth-order valence-electron chi connectivity index (χ4n) is 2.94. The van der Waals surface area contributed by atoms with Crippen molar-refractivity contribution < 1.29 is 9.18 Å². The maximum atomic E-state index is 13.2. The van der Waals surface area contributed by atoms with Crippen molar-refractivity contribution in [2.45, 2.75) is 44.7 Å². The fraction of sp³-hybridized carbons (Fsp3) is 0.412. The summed E-state index contributed by atoms with van der Waals surface area (Å²) < 4.78 is 14.8. The third-order valence-corrected chi connectivity index (χ3v) is 4.07. The second-order valence-corrected chi connectivity index (χ2v) is 5.99. The number of aromatic nitrogens is 2. The quantitative estimate of drug-likeness (QED) is 0.906. The molecule has 0 spiro atoms. The molecule has 1 aliphatic carbocycles. The lowest BCUT2D eigenvalue weighted by molar-refractivity contribution is 0.244. The number of halogens is 1. The average Bonchev–Trinajstić information content (AvgIpc) is 2.95. The zero-order valence-corrected chi connectivity index (χ0v) is 13.0. The molecule has 0 radical (unpaired) electrons. The monoisotopic (exact) mass is 316 g/mol. The van der Waals surface area contributed by atoms with Crippen molar-refractivity contribution in [3.05, 3.63) is 48.0 Å². The van der Waals surface area contributed by atoms with E-state index in [0.717, 1.165) is 18.4 Å². The molecule has 0 aliphatic heterocycles. The second kappa shape index (κ2) is 7.26. The summed E-state index contributed by atoms with van der Waals surface area (Å²) in [6, 6.07) is 6.48. The minimum Gasteiger partial charge on any atom is -0.335 e. The Morgan fingerprint density at radius 1 is 1.30 bits per heavy atom. The third-order valence-electron chi connectivity index (χ3n) is 4.07. The molecule has 6 heteroatoms. The molecule has 2 aromatic rings. The predicted octanol–water partition coefficient (Wildman–Crippen LogP) is 3.52. The molecular formula is C17H21FN4O. The molecule has 1 aromatic carbocycles. The minimum atomic E-state index is -0.264. The number of nitrogens with one attached hydrogen (secondary N) is 2. The van der Waals surface area contributed by atoms with Crippen molar-refractivity contribution >= 4 is 11.7 Å². The van der Waals surface area contributed by atoms with Gasteiger partial charge >= 0.3 is 6.03 Å². The molecule has 1 heterocycles. The standard InChI is InChI=1S/C17H21FN4O/c18-14-6-4-5-13(9-14)11-22-12-16(10-19-22)21-17(23)20-15-7-2-1-3-8-15/h4-6,9-10,12,15H,1-3,7-8,11H2,(H2,20,21,23). The Hall–Kier alpha value is -2.37. The van der Waals surface area contributed by atoms with Gasteiger partial charge in [0.05, 0.1) is 18.4 Å². The van der Waals surface area contributed by atoms with Gasteiger partial charge in [-0.05, 0) is 30.5 Å². The molecule has 122 valence electrons. The van der Waals surface area contributed by atoms with E-state index in [2.05, 4.69) is 15.7 Å². The topological polar surface area (TPSA) is 59.0 Å². The highest BCUT2D eigenvalue weighted by Gasteiger charge is 2.15. The van der Waals surface area contributed by atoms with Gasteiger partial charge in [0.25, 0.3) is 0 Å². The van der Waals surface area contributed by atoms with E-state index < -0.39 is 0 Å². The highest BCUT2D eigenvalue weighted by Crippen LogP contribution is 2.17. The van der Waals surface area contributed by atoms with Crippen molar-refractivity contribution in [2.24, 2.45) is 0 Å². The number of rotatable bonds is 4. The Bertz CT molecular complexity index is 664. The lowest BCUT2D eigenvalue weighted by Gasteiger charge is -2.22. The largest absolute Gasteiger partial charge is 0.335 e. The van der Waals surface area contributed by atoms with Gasteiger partial charge in [0.1, 0.15) is 5.82 Å². The van der Waals surface area contributed by atoms with E-state index in [4.69, 9.17) is 0 Å². The lowest BCUT2D eigenvalue weighted by atomic mass is 9.96. The number of benzene rings is 1. The Balaban J connectivity index is 1.53. The van der Waals surface area contributed by atoms with Gasteiger partial charge in [0.15, 0.2) is 0 Å². The van der Waals surface area contributed by atoms with E-state index in [1.165, 1.54) is 31.4 Å². The maximum Gasteiger partial charge on any atom is 0.319 e. The molecule has 5 nitrogen and oxygen atoms in total. The van der Waals surface area contributed by atoms with Crippen LogP contribution in [0.1, 0.15) is 37.7 Å². The Labute approximate surface area is 134 Å². The first-order chi connectivity index (χ1) is 11.2. The summed E-state index contributed by atoms with van der Waals surface area (Å²) in [5, 5.41) is 9.99. The molecule has 23 heavy (non-hydrogen) atoms. The van der Waals surface area contributed by atoms with Crippen LogP contribution in [0.4, 0.5) is 14.9 Å². The molecule has 1 saturated carbocycles. The molecule has 0 unspecified atom stereocenters. The molecule has 0 atom stereocenters. The van der Waals surface area contributed by atoms with Crippen LogP contribution in [0.15, 0.2) is 36.7 Å². The fourth-order valence-corrected chi connectivity index (χ4v) is 2.94. The normalized spacial score (nSPS) is 15.3. The van der Waals surface area contributed by atoms with Crippen molar-refractivity contribution in [3.8, 4) is 0 Å². The lowest BCUT2D eigenvalue weighted by Crippen LogP contribution is -2.38. The average molecular weight is 316 g/mol. The van der Waals surface area contributed by atoms with Crippen molar-refractivity contribution in [2.75, 3.05) is 5.32 Å². The third kappa shape index (κ3) is 4.55. The number of amides is 2. The van der Waals surface area contributed by atoms with Crippen molar-refractivity contribution in [3.63, 3.8) is 0 Å². The summed E-state index contributed by atoms with van der Waals surface area (Å²) in [6.45, 7) is 0.462. The van der Waals surface area contributed by atoms with E-state index in [9.17, 15) is 9.18 Å². The molecule has 1 aliphatic rings. The zero-order chi connectivity index (χ0) is 16.1. The summed E-state index contributed by atoms with van der Waals surface area (Å²) in [5.41, 5.74) is 1.46. The van der Waals surface area contributed by atoms with E-state index in [1.807, 2.05) is 6.07 Å². The molecule has 2 amide bonds. The molecule has 1 aromatic heterocycles. The molecule has 1 fully saturated rings. The van der Waals surface area contributed by atoms with Crippen LogP contribution in [0.25, 0.3) is 0 Å². The second-order valence-electron chi connectivity index (χ2n) is 5.99. The molecule has 3 rings (SSSR count). The van der Waals surface area contributed by atoms with Crippen LogP contribution in [-0.2, 0) is 6.54 Å². The molecule has 0 saturated heterocycles. The molecule has 0 bridgehead atoms. The number of carbonyl (C=O) groups is 1. The summed E-state index contributed by atoms with van der Waals surface area (Å²) in [7, 11) is 0. The van der Waals surface area contributed by atoms with Crippen molar-refractivity contribution in [1.29, 1.82) is 0 Å². The smallest absolute Gasteiger partial charge is 0.319 e. The Kier molecular flexibility index (Phi) is 4.90. The van der Waals surface area contributed by atoms with Crippen LogP contribution in [0.5, 0.6) is 0 Å². The van der Waals surface area contributed by atoms with E-state index in [-0.39, 0.29) is 17.9 Å². The van der Waals surface area contributed by atoms with Crippen LogP contribution < -0.4 is 10.6 Å². The zero-order valence-electron chi connectivity index (χ0n) is 13.0. The highest BCUT2D eigenvalue weighted by molar-refractivity contribution is 5.89. The SMILES string of the molecule is O=C(Nc1cnn(Cc2cccc(F)c2)c1)NC1CCCCC1. The number of urea groups is 1. The Morgan fingerprint density at radius 3 is 2.91 bits per heavy atom. The van der Waals surface area contributed by atoms with E-state index in [1.54, 1.807) is 23.1 Å². The van der Waals surface area contributed by atoms with Gasteiger partial charge in [0.2, 0.25) is 0 Å². The van der Waals surface area contributed by atoms with Crippen LogP contribution >= 0.6 is 0 Å². The number of nitrogens with zero attached hydrogens (tertiary/aromatic N) is 2. The van der Waals surface area contributed by atoms with Gasteiger partial charge in [-0.2, -0.15) is 5.10 Å². The van der Waals surface area contributed by atoms with Gasteiger partial charge in [-0.25, -0.2) is 9.18 Å². The van der Waals surface area contributed by atoms with Crippen LogP contribution in [0.2, 0.25) is 0 Å². The number of anilines is 1. The van der Waals surface area contributed by atoms with E-state index >= 15 is 0 Å². The van der Waals surface area contributed by atoms with Crippen molar-refractivity contribution in [1.82, 2.24) is 15.1 Å². The Morgan fingerprint density at radius 2 is 2.13 bits per heavy atom. The van der Waals surface area contributed by atoms with Crippen LogP contribution in [0, 0.1) is 5.82 Å². The first-order valence-corrected chi connectivity index (χ1v) is 8.03. The van der Waals surface area contributed by atoms with Crippen LogP contribution in [0.3, 0.4) is 0 Å². The highest BCUT2D eigenvalue weighted by atomic mass is 19.1. The number of hydrogen-bond acceptors (Lipinski definition) is 2. The minimum absolute atomic E-state index is 0.192. The summed E-state index contributed by atoms with van der Waals surface area (Å²) >= 11 is 0. The summed E-state index contributed by atoms with van der Waals surface area (Å²) in [4.78, 5) is 12.0. The van der Waals surface area contributed by atoms with Gasteiger partial charge in [-0.1, -0.05) is 31.4 Å². The first kappa shape index (κ1) is 15.5. The van der Waals surface area contributed by atoms with Gasteiger partial charge in [-0.15, -0.1) is 0 Å². The van der Waals surface area contributed by atoms with Gasteiger partial charge in [0, 0.05) is 12.2 Å². The number of hydrogen-bond donors (Lipinski definition) is 2.